The van der Waals surface area contributed by atoms with Gasteiger partial charge in [0.15, 0.2) is 0 Å². The first kappa shape index (κ1) is 15.8. The summed E-state index contributed by atoms with van der Waals surface area (Å²) in [6.45, 7) is 4.93. The Hall–Kier alpha value is -1.62. The number of hydrogen-bond donors (Lipinski definition) is 1. The fraction of sp³-hybridized carbons (Fsp3) is 0.625. The first-order chi connectivity index (χ1) is 10.0. The fourth-order valence-electron chi connectivity index (χ4n) is 2.77. The third kappa shape index (κ3) is 3.53. The van der Waals surface area contributed by atoms with Gasteiger partial charge < -0.3 is 14.6 Å². The molecule has 0 aromatic carbocycles. The van der Waals surface area contributed by atoms with Crippen molar-refractivity contribution in [3.05, 3.63) is 33.7 Å². The Morgan fingerprint density at radius 2 is 2.24 bits per heavy atom. The highest BCUT2D eigenvalue weighted by Crippen LogP contribution is 2.23. The van der Waals surface area contributed by atoms with Crippen molar-refractivity contribution in [3.8, 4) is 0 Å². The number of hydrogen-bond acceptors (Lipinski definition) is 3. The van der Waals surface area contributed by atoms with E-state index in [-0.39, 0.29) is 30.0 Å². The van der Waals surface area contributed by atoms with Crippen molar-refractivity contribution in [2.45, 2.75) is 45.8 Å². The molecule has 1 N–H and O–H groups in total. The fourth-order valence-corrected chi connectivity index (χ4v) is 2.77. The van der Waals surface area contributed by atoms with Crippen LogP contribution in [0.2, 0.25) is 0 Å². The van der Waals surface area contributed by atoms with Crippen LogP contribution in [0, 0.1) is 12.8 Å². The van der Waals surface area contributed by atoms with Gasteiger partial charge in [-0.2, -0.15) is 0 Å². The van der Waals surface area contributed by atoms with Crippen LogP contribution in [0.1, 0.15) is 37.4 Å². The van der Waals surface area contributed by atoms with Gasteiger partial charge in [0.25, 0.3) is 5.56 Å². The van der Waals surface area contributed by atoms with Gasteiger partial charge in [-0.1, -0.05) is 13.0 Å². The number of aromatic nitrogens is 1. The van der Waals surface area contributed by atoms with Crippen LogP contribution in [0.25, 0.3) is 0 Å². The summed E-state index contributed by atoms with van der Waals surface area (Å²) in [4.78, 5) is 24.4. The van der Waals surface area contributed by atoms with Crippen molar-refractivity contribution >= 4 is 5.91 Å². The molecule has 5 heteroatoms. The summed E-state index contributed by atoms with van der Waals surface area (Å²) in [5, 5.41) is 2.89. The SMILES string of the molecule is CCC1OCCCC1C(=O)NCc1ccc(C)n(C)c1=O. The van der Waals surface area contributed by atoms with Gasteiger partial charge in [0.05, 0.1) is 12.0 Å². The van der Waals surface area contributed by atoms with E-state index in [0.717, 1.165) is 31.6 Å². The van der Waals surface area contributed by atoms with Gasteiger partial charge in [-0.3, -0.25) is 9.59 Å². The van der Waals surface area contributed by atoms with Crippen LogP contribution in [-0.2, 0) is 23.1 Å². The maximum Gasteiger partial charge on any atom is 0.255 e. The van der Waals surface area contributed by atoms with E-state index in [1.807, 2.05) is 19.9 Å². The van der Waals surface area contributed by atoms with E-state index in [2.05, 4.69) is 5.32 Å². The molecule has 0 radical (unpaired) electrons. The van der Waals surface area contributed by atoms with Crippen molar-refractivity contribution in [1.82, 2.24) is 9.88 Å². The van der Waals surface area contributed by atoms with Crippen LogP contribution < -0.4 is 10.9 Å². The Balaban J connectivity index is 2.01. The number of rotatable bonds is 4. The number of amides is 1. The lowest BCUT2D eigenvalue weighted by molar-refractivity contribution is -0.134. The van der Waals surface area contributed by atoms with E-state index in [4.69, 9.17) is 4.74 Å². The number of carbonyl (C=O) groups is 1. The van der Waals surface area contributed by atoms with Gasteiger partial charge in [0, 0.05) is 31.5 Å². The van der Waals surface area contributed by atoms with E-state index >= 15 is 0 Å². The monoisotopic (exact) mass is 292 g/mol. The third-order valence-corrected chi connectivity index (χ3v) is 4.27. The van der Waals surface area contributed by atoms with E-state index in [0.29, 0.717) is 5.56 Å². The molecule has 21 heavy (non-hydrogen) atoms. The van der Waals surface area contributed by atoms with Gasteiger partial charge in [0.2, 0.25) is 5.91 Å². The molecule has 1 aliphatic heterocycles. The summed E-state index contributed by atoms with van der Waals surface area (Å²) in [5.74, 6) is -0.109. The number of nitrogens with one attached hydrogen (secondary N) is 1. The minimum Gasteiger partial charge on any atom is -0.377 e. The van der Waals surface area contributed by atoms with Crippen LogP contribution in [0.15, 0.2) is 16.9 Å². The van der Waals surface area contributed by atoms with Crippen molar-refractivity contribution in [2.75, 3.05) is 6.61 Å². The van der Waals surface area contributed by atoms with E-state index in [1.54, 1.807) is 17.7 Å². The average Bonchev–Trinajstić information content (AvgIpc) is 2.51. The second kappa shape index (κ2) is 6.89. The van der Waals surface area contributed by atoms with Crippen LogP contribution in [0.3, 0.4) is 0 Å². The van der Waals surface area contributed by atoms with Gasteiger partial charge in [-0.05, 0) is 32.3 Å². The predicted octanol–water partition coefficient (Wildman–Crippen LogP) is 1.52. The molecule has 1 aromatic rings. The number of pyridine rings is 1. The molecule has 1 fully saturated rings. The molecule has 0 bridgehead atoms. The normalized spacial score (nSPS) is 22.0. The Labute approximate surface area is 125 Å². The lowest BCUT2D eigenvalue weighted by Crippen LogP contribution is -2.41. The highest BCUT2D eigenvalue weighted by Gasteiger charge is 2.30. The first-order valence-corrected chi connectivity index (χ1v) is 7.59. The largest absolute Gasteiger partial charge is 0.377 e. The summed E-state index contributed by atoms with van der Waals surface area (Å²) < 4.78 is 7.24. The first-order valence-electron chi connectivity index (χ1n) is 7.59. The molecule has 2 rings (SSSR count). The zero-order valence-electron chi connectivity index (χ0n) is 13.0. The molecule has 2 heterocycles. The van der Waals surface area contributed by atoms with Crippen LogP contribution >= 0.6 is 0 Å². The average molecular weight is 292 g/mol. The summed E-state index contributed by atoms with van der Waals surface area (Å²) in [7, 11) is 1.74. The zero-order valence-corrected chi connectivity index (χ0v) is 13.0. The summed E-state index contributed by atoms with van der Waals surface area (Å²) in [5.41, 5.74) is 1.46. The lowest BCUT2D eigenvalue weighted by atomic mass is 9.92. The van der Waals surface area contributed by atoms with Crippen molar-refractivity contribution in [1.29, 1.82) is 0 Å². The molecule has 1 aliphatic rings. The molecule has 0 spiro atoms. The van der Waals surface area contributed by atoms with Crippen molar-refractivity contribution < 1.29 is 9.53 Å². The van der Waals surface area contributed by atoms with E-state index in [9.17, 15) is 9.59 Å². The quantitative estimate of drug-likeness (QED) is 0.915. The van der Waals surface area contributed by atoms with Gasteiger partial charge >= 0.3 is 0 Å². The molecule has 0 aliphatic carbocycles. The smallest absolute Gasteiger partial charge is 0.255 e. The number of nitrogens with zero attached hydrogens (tertiary/aromatic N) is 1. The molecule has 116 valence electrons. The second-order valence-electron chi connectivity index (χ2n) is 5.65. The Morgan fingerprint density at radius 1 is 1.48 bits per heavy atom. The second-order valence-corrected chi connectivity index (χ2v) is 5.65. The minimum atomic E-state index is -0.0990. The number of carbonyl (C=O) groups excluding carboxylic acids is 1. The predicted molar refractivity (Wildman–Crippen MR) is 81.0 cm³/mol. The highest BCUT2D eigenvalue weighted by atomic mass is 16.5. The van der Waals surface area contributed by atoms with Gasteiger partial charge in [0.1, 0.15) is 0 Å². The minimum absolute atomic E-state index is 0.000370. The summed E-state index contributed by atoms with van der Waals surface area (Å²) in [6, 6.07) is 3.67. The van der Waals surface area contributed by atoms with Crippen LogP contribution in [0.4, 0.5) is 0 Å². The van der Waals surface area contributed by atoms with Crippen LogP contribution in [0.5, 0.6) is 0 Å². The van der Waals surface area contributed by atoms with Gasteiger partial charge in [-0.15, -0.1) is 0 Å². The molecule has 2 unspecified atom stereocenters. The Bertz CT molecular complexity index is 565. The molecular weight excluding hydrogens is 268 g/mol. The number of aryl methyl sites for hydroxylation is 1. The summed E-state index contributed by atoms with van der Waals surface area (Å²) >= 11 is 0. The molecule has 2 atom stereocenters. The Kier molecular flexibility index (Phi) is 5.17. The Morgan fingerprint density at radius 3 is 2.95 bits per heavy atom. The van der Waals surface area contributed by atoms with Gasteiger partial charge in [-0.25, -0.2) is 0 Å². The molecule has 5 nitrogen and oxygen atoms in total. The molecular formula is C16H24N2O3. The van der Waals surface area contributed by atoms with E-state index < -0.39 is 0 Å². The third-order valence-electron chi connectivity index (χ3n) is 4.27. The maximum atomic E-state index is 12.3. The molecule has 1 saturated heterocycles. The zero-order chi connectivity index (χ0) is 15.4. The lowest BCUT2D eigenvalue weighted by Gasteiger charge is -2.30. The standard InChI is InChI=1S/C16H24N2O3/c1-4-14-13(6-5-9-21-14)15(19)17-10-12-8-7-11(2)18(3)16(12)20/h7-8,13-14H,4-6,9-10H2,1-3H3,(H,17,19). The highest BCUT2D eigenvalue weighted by molar-refractivity contribution is 5.79. The van der Waals surface area contributed by atoms with Crippen LogP contribution in [-0.4, -0.2) is 23.2 Å². The molecule has 1 aromatic heterocycles. The number of ether oxygens (including phenoxy) is 1. The van der Waals surface area contributed by atoms with E-state index in [1.165, 1.54) is 0 Å². The molecule has 0 saturated carbocycles. The maximum absolute atomic E-state index is 12.3. The van der Waals surface area contributed by atoms with Crippen molar-refractivity contribution in [3.63, 3.8) is 0 Å². The topological polar surface area (TPSA) is 60.3 Å². The summed E-state index contributed by atoms with van der Waals surface area (Å²) in [6.07, 6.45) is 2.61. The molecule has 1 amide bonds. The van der Waals surface area contributed by atoms with Crippen molar-refractivity contribution in [2.24, 2.45) is 13.0 Å².